The highest BCUT2D eigenvalue weighted by molar-refractivity contribution is 5.93. The molecule has 13 heteroatoms. The number of aromatic hydroxyl groups is 2. The zero-order valence-electron chi connectivity index (χ0n) is 18.8. The van der Waals surface area contributed by atoms with E-state index in [1.54, 1.807) is 0 Å². The summed E-state index contributed by atoms with van der Waals surface area (Å²) in [7, 11) is 0. The quantitative estimate of drug-likeness (QED) is 0.151. The number of cyclic esters (lactones) is 1. The van der Waals surface area contributed by atoms with Crippen molar-refractivity contribution in [2.75, 3.05) is 13.2 Å². The van der Waals surface area contributed by atoms with E-state index in [1.165, 1.54) is 12.1 Å². The molecule has 0 saturated carbocycles. The normalized spacial score (nSPS) is 36.1. The molecule has 8 atom stereocenters. The summed E-state index contributed by atoms with van der Waals surface area (Å²) in [6, 6.07) is 3.56. The van der Waals surface area contributed by atoms with Crippen LogP contribution in [0.15, 0.2) is 42.7 Å². The first-order chi connectivity index (χ1) is 17.1. The number of ether oxygens (including phenoxy) is 5. The average molecular weight is 510 g/mol. The van der Waals surface area contributed by atoms with Crippen LogP contribution in [-0.2, 0) is 28.5 Å². The Bertz CT molecular complexity index is 1050. The van der Waals surface area contributed by atoms with E-state index in [1.807, 2.05) is 0 Å². The fourth-order valence-electron chi connectivity index (χ4n) is 4.36. The summed E-state index contributed by atoms with van der Waals surface area (Å²) in [6.07, 6.45) is -7.36. The van der Waals surface area contributed by atoms with Crippen LogP contribution in [0, 0.1) is 5.92 Å². The van der Waals surface area contributed by atoms with Crippen molar-refractivity contribution in [3.05, 3.63) is 48.3 Å². The van der Waals surface area contributed by atoms with Gasteiger partial charge < -0.3 is 54.3 Å². The minimum Gasteiger partial charge on any atom is -0.504 e. The maximum absolute atomic E-state index is 12.7. The number of para-hydroxylation sites is 1. The molecule has 1 aromatic carbocycles. The van der Waals surface area contributed by atoms with Gasteiger partial charge in [-0.3, -0.25) is 0 Å². The van der Waals surface area contributed by atoms with Gasteiger partial charge in [0.05, 0.1) is 25.4 Å². The number of hydrogen-bond acceptors (Lipinski definition) is 13. The van der Waals surface area contributed by atoms with Crippen molar-refractivity contribution in [1.29, 1.82) is 0 Å². The van der Waals surface area contributed by atoms with Gasteiger partial charge in [-0.05, 0) is 12.1 Å². The largest absolute Gasteiger partial charge is 0.504 e. The van der Waals surface area contributed by atoms with Gasteiger partial charge in [0.15, 0.2) is 17.6 Å². The lowest BCUT2D eigenvalue weighted by Gasteiger charge is -2.47. The van der Waals surface area contributed by atoms with Crippen molar-refractivity contribution in [2.24, 2.45) is 5.92 Å². The molecule has 2 saturated heterocycles. The molecule has 3 aliphatic heterocycles. The molecule has 0 spiro atoms. The van der Waals surface area contributed by atoms with Gasteiger partial charge in [-0.15, -0.1) is 6.58 Å². The number of phenols is 2. The van der Waals surface area contributed by atoms with E-state index in [4.69, 9.17) is 23.7 Å². The second kappa shape index (κ2) is 10.0. The first-order valence-electron chi connectivity index (χ1n) is 11.0. The number of esters is 2. The molecule has 6 N–H and O–H groups in total. The van der Waals surface area contributed by atoms with Crippen LogP contribution >= 0.6 is 0 Å². The molecule has 0 amide bonds. The Morgan fingerprint density at radius 2 is 1.97 bits per heavy atom. The van der Waals surface area contributed by atoms with Crippen molar-refractivity contribution >= 4 is 11.9 Å². The Kier molecular flexibility index (Phi) is 7.22. The maximum atomic E-state index is 12.7. The fourth-order valence-corrected chi connectivity index (χ4v) is 4.36. The lowest BCUT2D eigenvalue weighted by molar-refractivity contribution is -0.343. The number of hydrogen-bond donors (Lipinski definition) is 6. The Morgan fingerprint density at radius 3 is 2.67 bits per heavy atom. The summed E-state index contributed by atoms with van der Waals surface area (Å²) in [4.78, 5) is 24.8. The standard InChI is InChI=1S/C23H26O13/c1-2-11-21(33-9-12-20(30)32-7-6-23(11,12)31)36-22-18(17(28)16(27)14(8-24)34-22)35-19(29)10-4-3-5-13(25)15(10)26/h2-5,9,11,14,16-18,21-22,24-28,31H,1,6-8H2/t11-,14+,16+,17-,18+,21-,22-,23+/m0/s1. The molecule has 0 unspecified atom stereocenters. The Morgan fingerprint density at radius 1 is 1.22 bits per heavy atom. The smallest absolute Gasteiger partial charge is 0.342 e. The predicted molar refractivity (Wildman–Crippen MR) is 115 cm³/mol. The lowest BCUT2D eigenvalue weighted by Crippen LogP contribution is -2.62. The monoisotopic (exact) mass is 510 g/mol. The third kappa shape index (κ3) is 4.40. The Labute approximate surface area is 204 Å². The number of aliphatic hydroxyl groups is 4. The van der Waals surface area contributed by atoms with Gasteiger partial charge in [0, 0.05) is 6.42 Å². The zero-order valence-corrected chi connectivity index (χ0v) is 18.8. The molecular formula is C23H26O13. The summed E-state index contributed by atoms with van der Waals surface area (Å²) in [5, 5.41) is 61.4. The van der Waals surface area contributed by atoms with E-state index in [0.29, 0.717) is 0 Å². The second-order valence-corrected chi connectivity index (χ2v) is 8.49. The van der Waals surface area contributed by atoms with Gasteiger partial charge in [0.25, 0.3) is 0 Å². The molecule has 13 nitrogen and oxygen atoms in total. The number of rotatable bonds is 6. The number of fused-ring (bicyclic) bond motifs is 1. The predicted octanol–water partition coefficient (Wildman–Crippen LogP) is -1.20. The highest BCUT2D eigenvalue weighted by atomic mass is 16.8. The first kappa shape index (κ1) is 25.9. The summed E-state index contributed by atoms with van der Waals surface area (Å²) >= 11 is 0. The average Bonchev–Trinajstić information content (AvgIpc) is 2.84. The summed E-state index contributed by atoms with van der Waals surface area (Å²) in [5.41, 5.74) is -2.35. The SMILES string of the molecule is C=C[C@H]1[C@H](O[C@@H]2O[C@H](CO)[C@@H](O)[C@H](O)[C@H]2OC(=O)c2cccc(O)c2O)OC=C2C(=O)OCC[C@]21O. The van der Waals surface area contributed by atoms with Crippen LogP contribution in [0.1, 0.15) is 16.8 Å². The van der Waals surface area contributed by atoms with Crippen LogP contribution in [0.3, 0.4) is 0 Å². The molecular weight excluding hydrogens is 484 g/mol. The zero-order chi connectivity index (χ0) is 26.2. The molecule has 1 aromatic rings. The van der Waals surface area contributed by atoms with Gasteiger partial charge in [-0.25, -0.2) is 9.59 Å². The van der Waals surface area contributed by atoms with Gasteiger partial charge in [-0.1, -0.05) is 12.1 Å². The van der Waals surface area contributed by atoms with Gasteiger partial charge in [-0.2, -0.15) is 0 Å². The van der Waals surface area contributed by atoms with Crippen LogP contribution in [0.4, 0.5) is 0 Å². The highest BCUT2D eigenvalue weighted by Crippen LogP contribution is 2.42. The van der Waals surface area contributed by atoms with Crippen LogP contribution in [0.25, 0.3) is 0 Å². The van der Waals surface area contributed by atoms with Crippen LogP contribution in [-0.4, -0.2) is 98.4 Å². The van der Waals surface area contributed by atoms with E-state index in [0.717, 1.165) is 18.4 Å². The van der Waals surface area contributed by atoms with E-state index in [9.17, 15) is 40.2 Å². The van der Waals surface area contributed by atoms with Crippen molar-refractivity contribution < 1.29 is 63.9 Å². The minimum absolute atomic E-state index is 0.00575. The Hall–Kier alpha value is -3.20. The highest BCUT2D eigenvalue weighted by Gasteiger charge is 2.55. The number of benzene rings is 1. The Balaban J connectivity index is 1.62. The number of phenolic OH excluding ortho intramolecular Hbond substituents is 2. The number of aliphatic hydroxyl groups excluding tert-OH is 3. The molecule has 0 bridgehead atoms. The molecule has 0 aromatic heterocycles. The third-order valence-electron chi connectivity index (χ3n) is 6.39. The van der Waals surface area contributed by atoms with Crippen LogP contribution < -0.4 is 0 Å². The van der Waals surface area contributed by atoms with E-state index in [2.05, 4.69) is 6.58 Å². The van der Waals surface area contributed by atoms with Gasteiger partial charge in [0.2, 0.25) is 12.6 Å². The van der Waals surface area contributed by atoms with E-state index in [-0.39, 0.29) is 18.6 Å². The fraction of sp³-hybridized carbons (Fsp3) is 0.478. The lowest BCUT2D eigenvalue weighted by atomic mass is 9.76. The van der Waals surface area contributed by atoms with Crippen LogP contribution in [0.2, 0.25) is 0 Å². The summed E-state index contributed by atoms with van der Waals surface area (Å²) in [5.74, 6) is -4.38. The molecule has 0 radical (unpaired) electrons. The maximum Gasteiger partial charge on any atom is 0.342 e. The third-order valence-corrected chi connectivity index (χ3v) is 6.39. The first-order valence-corrected chi connectivity index (χ1v) is 11.0. The molecule has 0 aliphatic carbocycles. The van der Waals surface area contributed by atoms with Crippen LogP contribution in [0.5, 0.6) is 11.5 Å². The number of carbonyl (C=O) groups is 2. The molecule has 36 heavy (non-hydrogen) atoms. The van der Waals surface area contributed by atoms with E-state index < -0.39 is 84.1 Å². The second-order valence-electron chi connectivity index (χ2n) is 8.49. The molecule has 2 fully saturated rings. The van der Waals surface area contributed by atoms with Crippen molar-refractivity contribution in [1.82, 2.24) is 0 Å². The summed E-state index contributed by atoms with van der Waals surface area (Å²) < 4.78 is 27.0. The minimum atomic E-state index is -1.83. The van der Waals surface area contributed by atoms with Gasteiger partial charge >= 0.3 is 11.9 Å². The molecule has 3 aliphatic rings. The number of carbonyl (C=O) groups excluding carboxylic acids is 2. The molecule has 4 rings (SSSR count). The topological polar surface area (TPSA) is 202 Å². The van der Waals surface area contributed by atoms with Crippen molar-refractivity contribution in [3.8, 4) is 11.5 Å². The molecule has 196 valence electrons. The summed E-state index contributed by atoms with van der Waals surface area (Å²) in [6.45, 7) is 2.86. The van der Waals surface area contributed by atoms with Gasteiger partial charge in [0.1, 0.15) is 35.0 Å². The van der Waals surface area contributed by atoms with E-state index >= 15 is 0 Å². The van der Waals surface area contributed by atoms with Crippen molar-refractivity contribution in [2.45, 2.75) is 49.0 Å². The van der Waals surface area contributed by atoms with Crippen molar-refractivity contribution in [3.63, 3.8) is 0 Å². The molecule has 3 heterocycles.